The highest BCUT2D eigenvalue weighted by molar-refractivity contribution is 6.30. The van der Waals surface area contributed by atoms with E-state index in [2.05, 4.69) is 15.5 Å². The van der Waals surface area contributed by atoms with Gasteiger partial charge < -0.3 is 23.9 Å². The van der Waals surface area contributed by atoms with E-state index in [0.717, 1.165) is 5.56 Å². The van der Waals surface area contributed by atoms with Crippen LogP contribution in [0.5, 0.6) is 23.0 Å². The molecule has 43 heavy (non-hydrogen) atoms. The number of methoxy groups -OCH3 is 2. The normalized spacial score (nSPS) is 11.0. The van der Waals surface area contributed by atoms with Crippen LogP contribution in [0.3, 0.4) is 0 Å². The predicted molar refractivity (Wildman–Crippen MR) is 166 cm³/mol. The molecule has 0 fully saturated rings. The maximum atomic E-state index is 13.5. The van der Waals surface area contributed by atoms with Crippen molar-refractivity contribution in [3.8, 4) is 34.1 Å². The van der Waals surface area contributed by atoms with Crippen molar-refractivity contribution in [3.63, 3.8) is 0 Å². The number of hydrazone groups is 1. The van der Waals surface area contributed by atoms with Crippen LogP contribution in [0.2, 0.25) is 5.02 Å². The molecule has 10 heteroatoms. The van der Waals surface area contributed by atoms with Gasteiger partial charge in [0.05, 0.1) is 43.5 Å². The summed E-state index contributed by atoms with van der Waals surface area (Å²) in [5.41, 5.74) is 5.95. The predicted octanol–water partition coefficient (Wildman–Crippen LogP) is 6.89. The Morgan fingerprint density at radius 3 is 2.28 bits per heavy atom. The van der Waals surface area contributed by atoms with Gasteiger partial charge in [-0.2, -0.15) is 5.10 Å². The van der Waals surface area contributed by atoms with Crippen LogP contribution in [0.25, 0.3) is 22.0 Å². The van der Waals surface area contributed by atoms with Crippen molar-refractivity contribution < 1.29 is 28.5 Å². The molecule has 1 aromatic heterocycles. The zero-order chi connectivity index (χ0) is 30.3. The van der Waals surface area contributed by atoms with E-state index in [9.17, 15) is 9.59 Å². The van der Waals surface area contributed by atoms with Crippen LogP contribution in [0.4, 0.5) is 0 Å². The van der Waals surface area contributed by atoms with E-state index in [4.69, 9.17) is 30.5 Å². The van der Waals surface area contributed by atoms with Crippen molar-refractivity contribution >= 4 is 40.6 Å². The van der Waals surface area contributed by atoms with Gasteiger partial charge in [-0.25, -0.2) is 10.2 Å². The van der Waals surface area contributed by atoms with Crippen LogP contribution in [0.15, 0.2) is 90.0 Å². The molecule has 0 bridgehead atoms. The molecule has 0 aliphatic carbocycles. The summed E-state index contributed by atoms with van der Waals surface area (Å²) >= 11 is 5.91. The second-order valence-corrected chi connectivity index (χ2v) is 9.63. The van der Waals surface area contributed by atoms with Crippen LogP contribution in [0.1, 0.15) is 33.3 Å². The summed E-state index contributed by atoms with van der Waals surface area (Å²) < 4.78 is 22.4. The van der Waals surface area contributed by atoms with Crippen molar-refractivity contribution in [2.45, 2.75) is 6.92 Å². The fourth-order valence-corrected chi connectivity index (χ4v) is 4.70. The molecule has 0 atom stereocenters. The molecule has 0 spiro atoms. The van der Waals surface area contributed by atoms with Crippen LogP contribution in [0, 0.1) is 0 Å². The summed E-state index contributed by atoms with van der Waals surface area (Å²) in [5.74, 6) is 0.739. The summed E-state index contributed by atoms with van der Waals surface area (Å²) in [7, 11) is 3.14. The number of ether oxygens (including phenoxy) is 4. The van der Waals surface area contributed by atoms with Gasteiger partial charge in [-0.1, -0.05) is 41.9 Å². The molecule has 2 N–H and O–H groups in total. The number of nitrogens with zero attached hydrogens (tertiary/aromatic N) is 1. The lowest BCUT2D eigenvalue weighted by Gasteiger charge is -2.11. The molecule has 5 rings (SSSR count). The second kappa shape index (κ2) is 13.1. The Morgan fingerprint density at radius 2 is 1.58 bits per heavy atom. The molecule has 0 saturated heterocycles. The molecule has 0 unspecified atom stereocenters. The van der Waals surface area contributed by atoms with Gasteiger partial charge in [0.25, 0.3) is 5.91 Å². The van der Waals surface area contributed by atoms with Crippen LogP contribution < -0.4 is 24.4 Å². The first-order valence-electron chi connectivity index (χ1n) is 13.3. The van der Waals surface area contributed by atoms with E-state index in [-0.39, 0.29) is 5.75 Å². The first kappa shape index (κ1) is 29.2. The number of hydrogen-bond acceptors (Lipinski definition) is 7. The fraction of sp³-hybridized carbons (Fsp3) is 0.121. The number of hydrogen-bond donors (Lipinski definition) is 2. The molecule has 0 saturated carbocycles. The number of amides is 1. The quantitative estimate of drug-likeness (QED) is 0.0785. The Kier molecular flexibility index (Phi) is 8.93. The van der Waals surface area contributed by atoms with Gasteiger partial charge in [-0.05, 0) is 72.6 Å². The van der Waals surface area contributed by atoms with Crippen molar-refractivity contribution in [1.82, 2.24) is 10.4 Å². The topological polar surface area (TPSA) is 111 Å². The average molecular weight is 598 g/mol. The van der Waals surface area contributed by atoms with Gasteiger partial charge in [-0.15, -0.1) is 0 Å². The molecule has 1 amide bonds. The van der Waals surface area contributed by atoms with Crippen molar-refractivity contribution in [2.24, 2.45) is 5.10 Å². The first-order valence-corrected chi connectivity index (χ1v) is 13.7. The summed E-state index contributed by atoms with van der Waals surface area (Å²) in [6.07, 6.45) is 1.47. The Bertz CT molecular complexity index is 1800. The lowest BCUT2D eigenvalue weighted by molar-refractivity contribution is 0.0728. The molecule has 218 valence electrons. The van der Waals surface area contributed by atoms with E-state index in [0.29, 0.717) is 62.2 Å². The highest BCUT2D eigenvalue weighted by Crippen LogP contribution is 2.42. The number of carbonyl (C=O) groups is 2. The number of fused-ring (bicyclic) bond motifs is 1. The molecule has 0 radical (unpaired) electrons. The second-order valence-electron chi connectivity index (χ2n) is 9.20. The van der Waals surface area contributed by atoms with Gasteiger partial charge in [0.2, 0.25) is 0 Å². The van der Waals surface area contributed by atoms with E-state index in [1.54, 1.807) is 68.8 Å². The van der Waals surface area contributed by atoms with E-state index in [1.807, 2.05) is 37.3 Å². The molecular weight excluding hydrogens is 570 g/mol. The number of rotatable bonds is 10. The molecular formula is C33H28ClN3O6. The van der Waals surface area contributed by atoms with Crippen LogP contribution in [-0.4, -0.2) is 43.9 Å². The lowest BCUT2D eigenvalue weighted by Crippen LogP contribution is -2.19. The molecule has 9 nitrogen and oxygen atoms in total. The third kappa shape index (κ3) is 6.32. The molecule has 4 aromatic carbocycles. The van der Waals surface area contributed by atoms with Crippen molar-refractivity contribution in [2.75, 3.05) is 20.8 Å². The Morgan fingerprint density at radius 1 is 0.884 bits per heavy atom. The zero-order valence-electron chi connectivity index (χ0n) is 23.6. The molecule has 1 heterocycles. The minimum atomic E-state index is -0.549. The van der Waals surface area contributed by atoms with E-state index in [1.165, 1.54) is 6.21 Å². The van der Waals surface area contributed by atoms with Gasteiger partial charge in [0.1, 0.15) is 17.2 Å². The SMILES string of the molecule is CCOc1cc(C=NNC(=O)c2[nH]c3c(OC)ccc(OC)c3c2-c2ccccc2)ccc1OC(=O)c1ccc(Cl)cc1. The van der Waals surface area contributed by atoms with E-state index < -0.39 is 11.9 Å². The van der Waals surface area contributed by atoms with Crippen LogP contribution >= 0.6 is 11.6 Å². The lowest BCUT2D eigenvalue weighted by atomic mass is 10.0. The largest absolute Gasteiger partial charge is 0.496 e. The zero-order valence-corrected chi connectivity index (χ0v) is 24.4. The van der Waals surface area contributed by atoms with Gasteiger partial charge in [0.15, 0.2) is 11.5 Å². The maximum Gasteiger partial charge on any atom is 0.343 e. The summed E-state index contributed by atoms with van der Waals surface area (Å²) in [5, 5.41) is 5.40. The van der Waals surface area contributed by atoms with Gasteiger partial charge in [0, 0.05) is 10.6 Å². The van der Waals surface area contributed by atoms with Gasteiger partial charge >= 0.3 is 5.97 Å². The third-order valence-corrected chi connectivity index (χ3v) is 6.79. The minimum absolute atomic E-state index is 0.247. The standard InChI is InChI=1S/C33H28ClN3O6/c1-4-42-27-18-20(10-15-24(27)43-33(39)22-11-13-23(34)14-12-22)19-35-37-32(38)31-28(21-8-6-5-7-9-21)29-25(40-2)16-17-26(41-3)30(29)36-31/h5-19,36H,4H2,1-3H3,(H,37,38). The molecule has 0 aliphatic heterocycles. The Balaban J connectivity index is 1.41. The number of nitrogens with one attached hydrogen (secondary N) is 2. The Hall–Kier alpha value is -5.28. The smallest absolute Gasteiger partial charge is 0.343 e. The number of benzene rings is 4. The highest BCUT2D eigenvalue weighted by Gasteiger charge is 2.24. The fourth-order valence-electron chi connectivity index (χ4n) is 4.58. The number of aromatic nitrogens is 1. The summed E-state index contributed by atoms with van der Waals surface area (Å²) in [6, 6.07) is 24.4. The van der Waals surface area contributed by atoms with Crippen molar-refractivity contribution in [3.05, 3.63) is 107 Å². The monoisotopic (exact) mass is 597 g/mol. The Labute approximate surface area is 253 Å². The molecule has 5 aromatic rings. The van der Waals surface area contributed by atoms with Crippen LogP contribution in [-0.2, 0) is 0 Å². The number of H-pyrrole nitrogens is 1. The first-order chi connectivity index (χ1) is 20.9. The number of carbonyl (C=O) groups excluding carboxylic acids is 2. The average Bonchev–Trinajstić information content (AvgIpc) is 3.44. The minimum Gasteiger partial charge on any atom is -0.496 e. The number of aromatic amines is 1. The third-order valence-electron chi connectivity index (χ3n) is 6.54. The summed E-state index contributed by atoms with van der Waals surface area (Å²) in [4.78, 5) is 29.3. The van der Waals surface area contributed by atoms with Crippen molar-refractivity contribution in [1.29, 1.82) is 0 Å². The highest BCUT2D eigenvalue weighted by atomic mass is 35.5. The molecule has 0 aliphatic rings. The van der Waals surface area contributed by atoms with E-state index >= 15 is 0 Å². The van der Waals surface area contributed by atoms with Gasteiger partial charge in [-0.3, -0.25) is 4.79 Å². The maximum absolute atomic E-state index is 13.5. The summed E-state index contributed by atoms with van der Waals surface area (Å²) in [6.45, 7) is 2.17. The number of esters is 1. The number of halogens is 1.